The van der Waals surface area contributed by atoms with E-state index in [0.717, 1.165) is 5.56 Å². The molecule has 5 nitrogen and oxygen atoms in total. The number of rotatable bonds is 2. The zero-order chi connectivity index (χ0) is 13.4. The Morgan fingerprint density at radius 2 is 2.00 bits per heavy atom. The summed E-state index contributed by atoms with van der Waals surface area (Å²) in [6.07, 6.45) is 2.87. The van der Waals surface area contributed by atoms with E-state index in [1.165, 1.54) is 29.1 Å². The van der Waals surface area contributed by atoms with E-state index in [1.54, 1.807) is 18.2 Å². The first-order valence-corrected chi connectivity index (χ1v) is 5.47. The molecule has 1 aromatic carbocycles. The highest BCUT2D eigenvalue weighted by molar-refractivity contribution is 5.86. The summed E-state index contributed by atoms with van der Waals surface area (Å²) in [4.78, 5) is 19.0. The highest BCUT2D eigenvalue weighted by atomic mass is 19.1. The van der Waals surface area contributed by atoms with Gasteiger partial charge >= 0.3 is 5.97 Å². The number of hydrogen-bond donors (Lipinski definition) is 1. The first kappa shape index (κ1) is 11.3. The van der Waals surface area contributed by atoms with E-state index in [4.69, 9.17) is 5.11 Å². The van der Waals surface area contributed by atoms with Gasteiger partial charge in [0.25, 0.3) is 0 Å². The van der Waals surface area contributed by atoms with Gasteiger partial charge in [0.05, 0.1) is 5.69 Å². The van der Waals surface area contributed by atoms with Gasteiger partial charge in [-0.15, -0.1) is 0 Å². The van der Waals surface area contributed by atoms with Crippen LogP contribution in [-0.2, 0) is 0 Å². The van der Waals surface area contributed by atoms with Gasteiger partial charge in [-0.25, -0.2) is 19.2 Å². The zero-order valence-electron chi connectivity index (χ0n) is 9.62. The minimum absolute atomic E-state index is 0.0435. The third-order valence-electron chi connectivity index (χ3n) is 2.71. The minimum atomic E-state index is -1.09. The fourth-order valence-corrected chi connectivity index (χ4v) is 1.77. The van der Waals surface area contributed by atoms with Crippen molar-refractivity contribution >= 4 is 11.6 Å². The van der Waals surface area contributed by atoms with Gasteiger partial charge in [-0.2, -0.15) is 0 Å². The fraction of sp³-hybridized carbons (Fsp3) is 0. The van der Waals surface area contributed by atoms with Crippen LogP contribution in [0.4, 0.5) is 4.39 Å². The third-order valence-corrected chi connectivity index (χ3v) is 2.71. The molecule has 0 spiro atoms. The Morgan fingerprint density at radius 3 is 2.68 bits per heavy atom. The molecular weight excluding hydrogens is 249 g/mol. The molecule has 2 heterocycles. The standard InChI is InChI=1S/C13H8FN3O2/c14-9-3-1-8(2-4-9)10-5-12-16-11(13(18)19)6-17(12)7-15-10/h1-7H,(H,18,19). The lowest BCUT2D eigenvalue weighted by atomic mass is 10.1. The van der Waals surface area contributed by atoms with E-state index in [-0.39, 0.29) is 11.5 Å². The van der Waals surface area contributed by atoms with Crippen LogP contribution >= 0.6 is 0 Å². The van der Waals surface area contributed by atoms with Crippen LogP contribution in [0.25, 0.3) is 16.9 Å². The van der Waals surface area contributed by atoms with Crippen molar-refractivity contribution in [1.29, 1.82) is 0 Å². The van der Waals surface area contributed by atoms with E-state index < -0.39 is 5.97 Å². The van der Waals surface area contributed by atoms with Gasteiger partial charge in [0, 0.05) is 17.8 Å². The molecule has 94 valence electrons. The maximum Gasteiger partial charge on any atom is 0.356 e. The molecule has 0 unspecified atom stereocenters. The van der Waals surface area contributed by atoms with Crippen LogP contribution in [0.3, 0.4) is 0 Å². The summed E-state index contributed by atoms with van der Waals surface area (Å²) in [5, 5.41) is 8.86. The number of benzene rings is 1. The largest absolute Gasteiger partial charge is 0.476 e. The van der Waals surface area contributed by atoms with E-state index >= 15 is 0 Å². The molecule has 1 N–H and O–H groups in total. The Kier molecular flexibility index (Phi) is 2.49. The maximum atomic E-state index is 12.8. The first-order chi connectivity index (χ1) is 9.13. The molecule has 0 saturated heterocycles. The van der Waals surface area contributed by atoms with Crippen LogP contribution < -0.4 is 0 Å². The highest BCUT2D eigenvalue weighted by Crippen LogP contribution is 2.18. The van der Waals surface area contributed by atoms with Gasteiger partial charge in [-0.05, 0) is 24.3 Å². The van der Waals surface area contributed by atoms with Crippen molar-refractivity contribution in [3.05, 3.63) is 54.4 Å². The molecule has 0 aliphatic carbocycles. The molecule has 3 rings (SSSR count). The first-order valence-electron chi connectivity index (χ1n) is 5.47. The van der Waals surface area contributed by atoms with Crippen LogP contribution in [0.15, 0.2) is 42.9 Å². The number of fused-ring (bicyclic) bond motifs is 1. The van der Waals surface area contributed by atoms with E-state index in [9.17, 15) is 9.18 Å². The second kappa shape index (κ2) is 4.16. The second-order valence-corrected chi connectivity index (χ2v) is 3.98. The van der Waals surface area contributed by atoms with Crippen LogP contribution in [0.1, 0.15) is 10.5 Å². The molecular formula is C13H8FN3O2. The Balaban J connectivity index is 2.10. The van der Waals surface area contributed by atoms with Crippen LogP contribution in [0, 0.1) is 5.82 Å². The third kappa shape index (κ3) is 2.03. The number of carboxylic acid groups (broad SMARTS) is 1. The normalized spacial score (nSPS) is 10.8. The van der Waals surface area contributed by atoms with Crippen molar-refractivity contribution in [2.75, 3.05) is 0 Å². The van der Waals surface area contributed by atoms with Crippen molar-refractivity contribution < 1.29 is 14.3 Å². The number of aromatic nitrogens is 3. The summed E-state index contributed by atoms with van der Waals surface area (Å²) >= 11 is 0. The number of aromatic carboxylic acids is 1. The molecule has 0 aliphatic rings. The molecule has 0 amide bonds. The summed E-state index contributed by atoms with van der Waals surface area (Å²) in [7, 11) is 0. The molecule has 2 aromatic heterocycles. The van der Waals surface area contributed by atoms with Crippen molar-refractivity contribution in [2.45, 2.75) is 0 Å². The number of hydrogen-bond acceptors (Lipinski definition) is 3. The van der Waals surface area contributed by atoms with Gasteiger partial charge in [0.2, 0.25) is 0 Å². The number of carbonyl (C=O) groups is 1. The summed E-state index contributed by atoms with van der Waals surface area (Å²) in [5.41, 5.74) is 1.78. The monoisotopic (exact) mass is 257 g/mol. The lowest BCUT2D eigenvalue weighted by Gasteiger charge is -2.00. The quantitative estimate of drug-likeness (QED) is 0.764. The van der Waals surface area contributed by atoms with Gasteiger partial charge in [-0.3, -0.25) is 4.40 Å². The van der Waals surface area contributed by atoms with Gasteiger partial charge in [0.15, 0.2) is 5.69 Å². The maximum absolute atomic E-state index is 12.8. The number of nitrogens with zero attached hydrogens (tertiary/aromatic N) is 3. The Bertz CT molecular complexity index is 765. The Morgan fingerprint density at radius 1 is 1.26 bits per heavy atom. The Labute approximate surface area is 107 Å². The number of halogens is 1. The van der Waals surface area contributed by atoms with Crippen molar-refractivity contribution in [3.63, 3.8) is 0 Å². The number of imidazole rings is 1. The second-order valence-electron chi connectivity index (χ2n) is 3.98. The predicted octanol–water partition coefficient (Wildman–Crippen LogP) is 2.23. The lowest BCUT2D eigenvalue weighted by molar-refractivity contribution is 0.0691. The molecule has 6 heteroatoms. The average Bonchev–Trinajstić information content (AvgIpc) is 2.82. The predicted molar refractivity (Wildman–Crippen MR) is 65.3 cm³/mol. The zero-order valence-corrected chi connectivity index (χ0v) is 9.62. The van der Waals surface area contributed by atoms with Gasteiger partial charge in [-0.1, -0.05) is 0 Å². The average molecular weight is 257 g/mol. The lowest BCUT2D eigenvalue weighted by Crippen LogP contribution is -1.94. The smallest absolute Gasteiger partial charge is 0.356 e. The summed E-state index contributed by atoms with van der Waals surface area (Å²) in [5.74, 6) is -1.41. The van der Waals surface area contributed by atoms with Crippen LogP contribution in [-0.4, -0.2) is 25.4 Å². The SMILES string of the molecule is O=C(O)c1cn2cnc(-c3ccc(F)cc3)cc2n1. The van der Waals surface area contributed by atoms with Crippen LogP contribution in [0.5, 0.6) is 0 Å². The number of carboxylic acids is 1. The molecule has 0 fully saturated rings. The highest BCUT2D eigenvalue weighted by Gasteiger charge is 2.09. The molecule has 0 bridgehead atoms. The van der Waals surface area contributed by atoms with E-state index in [0.29, 0.717) is 11.3 Å². The van der Waals surface area contributed by atoms with Gasteiger partial charge < -0.3 is 5.11 Å². The van der Waals surface area contributed by atoms with E-state index in [2.05, 4.69) is 9.97 Å². The molecule has 19 heavy (non-hydrogen) atoms. The molecule has 0 aliphatic heterocycles. The summed E-state index contributed by atoms with van der Waals surface area (Å²) < 4.78 is 14.4. The van der Waals surface area contributed by atoms with Crippen molar-refractivity contribution in [1.82, 2.24) is 14.4 Å². The van der Waals surface area contributed by atoms with E-state index in [1.807, 2.05) is 0 Å². The van der Waals surface area contributed by atoms with Crippen molar-refractivity contribution in [3.8, 4) is 11.3 Å². The molecule has 3 aromatic rings. The van der Waals surface area contributed by atoms with Crippen molar-refractivity contribution in [2.24, 2.45) is 0 Å². The minimum Gasteiger partial charge on any atom is -0.476 e. The topological polar surface area (TPSA) is 67.5 Å². The molecule has 0 saturated carbocycles. The summed E-state index contributed by atoms with van der Waals surface area (Å²) in [6, 6.07) is 7.55. The molecule has 0 radical (unpaired) electrons. The fourth-order valence-electron chi connectivity index (χ4n) is 1.77. The summed E-state index contributed by atoms with van der Waals surface area (Å²) in [6.45, 7) is 0. The molecule has 0 atom stereocenters. The van der Waals surface area contributed by atoms with Gasteiger partial charge in [0.1, 0.15) is 17.8 Å². The Hall–Kier alpha value is -2.76. The van der Waals surface area contributed by atoms with Crippen LogP contribution in [0.2, 0.25) is 0 Å².